The molecule has 2 saturated heterocycles. The molecule has 0 spiro atoms. The normalized spacial score (nSPS) is 25.6. The molecule has 40 heavy (non-hydrogen) atoms. The van der Waals surface area contributed by atoms with E-state index in [0.29, 0.717) is 5.56 Å². The Kier molecular flexibility index (Phi) is 9.33. The first-order valence-corrected chi connectivity index (χ1v) is 14.4. The smallest absolute Gasteiger partial charge is 0.459 e. The van der Waals surface area contributed by atoms with Gasteiger partial charge in [0, 0.05) is 6.20 Å². The van der Waals surface area contributed by atoms with Crippen LogP contribution in [0.2, 0.25) is 0 Å². The third kappa shape index (κ3) is 7.09. The van der Waals surface area contributed by atoms with Gasteiger partial charge in [-0.05, 0) is 46.8 Å². The molecule has 0 amide bonds. The predicted octanol–water partition coefficient (Wildman–Crippen LogP) is 3.59. The number of rotatable bonds is 12. The molecule has 2 aliphatic rings. The van der Waals surface area contributed by atoms with Crippen LogP contribution in [0.3, 0.4) is 0 Å². The van der Waals surface area contributed by atoms with Crippen LogP contribution in [0.4, 0.5) is 0 Å². The number of carbonyl (C=O) groups excluding carboxylic acids is 1. The fourth-order valence-electron chi connectivity index (χ4n) is 4.39. The first kappa shape index (κ1) is 30.2. The molecule has 14 heteroatoms. The maximum absolute atomic E-state index is 13.9. The molecule has 6 atom stereocenters. The van der Waals surface area contributed by atoms with E-state index >= 15 is 0 Å². The van der Waals surface area contributed by atoms with Crippen LogP contribution in [-0.2, 0) is 32.8 Å². The second kappa shape index (κ2) is 12.4. The van der Waals surface area contributed by atoms with Crippen LogP contribution < -0.4 is 19.1 Å². The van der Waals surface area contributed by atoms with Crippen molar-refractivity contribution in [2.24, 2.45) is 0 Å². The lowest BCUT2D eigenvalue weighted by molar-refractivity contribution is -0.190. The van der Waals surface area contributed by atoms with Crippen LogP contribution in [0.5, 0.6) is 17.6 Å². The Hall–Kier alpha value is -2.80. The molecular formula is C26H36N3O10P. The van der Waals surface area contributed by atoms with Gasteiger partial charge < -0.3 is 32.9 Å². The topological polar surface area (TPSA) is 146 Å². The minimum Gasteiger partial charge on any atom is -0.481 e. The summed E-state index contributed by atoms with van der Waals surface area (Å²) in [7, 11) is -1.20. The molecule has 2 aromatic rings. The Morgan fingerprint density at radius 1 is 1.10 bits per heavy atom. The number of hydrogen-bond acceptors (Lipinski definition) is 12. The monoisotopic (exact) mass is 581 g/mol. The van der Waals surface area contributed by atoms with Gasteiger partial charge in [0.25, 0.3) is 0 Å². The largest absolute Gasteiger partial charge is 0.481 e. The van der Waals surface area contributed by atoms with E-state index < -0.39 is 50.0 Å². The molecule has 0 unspecified atom stereocenters. The van der Waals surface area contributed by atoms with Gasteiger partial charge in [-0.15, -0.1) is 0 Å². The molecule has 1 N–H and O–H groups in total. The number of benzene rings is 1. The Morgan fingerprint density at radius 2 is 1.80 bits per heavy atom. The molecule has 0 saturated carbocycles. The third-order valence-electron chi connectivity index (χ3n) is 6.03. The second-order valence-electron chi connectivity index (χ2n) is 10.0. The lowest BCUT2D eigenvalue weighted by Crippen LogP contribution is -2.38. The van der Waals surface area contributed by atoms with E-state index in [1.807, 2.05) is 0 Å². The van der Waals surface area contributed by atoms with E-state index in [1.165, 1.54) is 27.3 Å². The SMILES string of the molecule is COc1ncc([C@@H]2O[C@H](CO[P@](=O)(N[C@H](C)C(=O)OC(C)C)Oc3ccccc3)[C@H]3OC(C)(C)O[C@H]32)c(OC)n1. The summed E-state index contributed by atoms with van der Waals surface area (Å²) in [5.74, 6) is -0.989. The zero-order chi connectivity index (χ0) is 29.1. The summed E-state index contributed by atoms with van der Waals surface area (Å²) >= 11 is 0. The summed E-state index contributed by atoms with van der Waals surface area (Å²) < 4.78 is 60.0. The maximum atomic E-state index is 13.9. The number of hydrogen-bond donors (Lipinski definition) is 1. The molecular weight excluding hydrogens is 545 g/mol. The fraction of sp³-hybridized carbons (Fsp3) is 0.577. The van der Waals surface area contributed by atoms with E-state index in [9.17, 15) is 9.36 Å². The summed E-state index contributed by atoms with van der Waals surface area (Å²) in [5.41, 5.74) is 0.522. The molecule has 1 aromatic heterocycles. The van der Waals surface area contributed by atoms with Crippen LogP contribution in [0.1, 0.15) is 46.3 Å². The summed E-state index contributed by atoms with van der Waals surface area (Å²) in [4.78, 5) is 20.9. The number of esters is 1. The first-order chi connectivity index (χ1) is 18.9. The Balaban J connectivity index is 1.56. The second-order valence-corrected chi connectivity index (χ2v) is 11.7. The van der Waals surface area contributed by atoms with Crippen LogP contribution >= 0.6 is 7.75 Å². The fourth-order valence-corrected chi connectivity index (χ4v) is 5.89. The highest BCUT2D eigenvalue weighted by atomic mass is 31.2. The predicted molar refractivity (Wildman–Crippen MR) is 141 cm³/mol. The first-order valence-electron chi connectivity index (χ1n) is 12.9. The summed E-state index contributed by atoms with van der Waals surface area (Å²) in [5, 5.41) is 2.68. The van der Waals surface area contributed by atoms with Crippen molar-refractivity contribution in [3.63, 3.8) is 0 Å². The van der Waals surface area contributed by atoms with Crippen molar-refractivity contribution in [1.82, 2.24) is 15.1 Å². The minimum absolute atomic E-state index is 0.133. The van der Waals surface area contributed by atoms with Gasteiger partial charge in [0.2, 0.25) is 5.88 Å². The maximum Gasteiger partial charge on any atom is 0.459 e. The Bertz CT molecular complexity index is 1210. The van der Waals surface area contributed by atoms with E-state index in [0.717, 1.165) is 0 Å². The summed E-state index contributed by atoms with van der Waals surface area (Å²) in [6.07, 6.45) is -1.41. The molecule has 0 radical (unpaired) electrons. The Morgan fingerprint density at radius 3 is 2.45 bits per heavy atom. The van der Waals surface area contributed by atoms with Crippen molar-refractivity contribution in [2.75, 3.05) is 20.8 Å². The molecule has 220 valence electrons. The van der Waals surface area contributed by atoms with Crippen LogP contribution in [0.15, 0.2) is 36.5 Å². The third-order valence-corrected chi connectivity index (χ3v) is 7.67. The highest BCUT2D eigenvalue weighted by Gasteiger charge is 2.57. The van der Waals surface area contributed by atoms with Gasteiger partial charge in [0.15, 0.2) is 5.79 Å². The average Bonchev–Trinajstić information content (AvgIpc) is 3.39. The number of ether oxygens (including phenoxy) is 6. The van der Waals surface area contributed by atoms with Crippen molar-refractivity contribution in [3.05, 3.63) is 42.1 Å². The number of para-hydroxylation sites is 1. The van der Waals surface area contributed by atoms with Crippen molar-refractivity contribution < 1.29 is 46.8 Å². The molecule has 0 bridgehead atoms. The van der Waals surface area contributed by atoms with Crippen molar-refractivity contribution in [3.8, 4) is 17.6 Å². The Labute approximate surface area is 233 Å². The lowest BCUT2D eigenvalue weighted by atomic mass is 10.0. The zero-order valence-electron chi connectivity index (χ0n) is 23.6. The van der Waals surface area contributed by atoms with Gasteiger partial charge in [-0.3, -0.25) is 9.32 Å². The molecule has 4 rings (SSSR count). The number of nitrogens with one attached hydrogen (secondary N) is 1. The summed E-state index contributed by atoms with van der Waals surface area (Å²) in [6.45, 7) is 8.31. The number of aromatic nitrogens is 2. The number of nitrogens with zero attached hydrogens (tertiary/aromatic N) is 2. The quantitative estimate of drug-likeness (QED) is 0.288. The van der Waals surface area contributed by atoms with Crippen LogP contribution in [0, 0.1) is 0 Å². The molecule has 1 aromatic carbocycles. The molecule has 2 aliphatic heterocycles. The van der Waals surface area contributed by atoms with E-state index in [4.69, 9.17) is 37.5 Å². The highest BCUT2D eigenvalue weighted by Crippen LogP contribution is 2.50. The van der Waals surface area contributed by atoms with E-state index in [-0.39, 0.29) is 30.4 Å². The van der Waals surface area contributed by atoms with Crippen molar-refractivity contribution >= 4 is 13.7 Å². The van der Waals surface area contributed by atoms with E-state index in [2.05, 4.69) is 15.1 Å². The van der Waals surface area contributed by atoms with Crippen LogP contribution in [-0.4, -0.2) is 73.0 Å². The lowest BCUT2D eigenvalue weighted by Gasteiger charge is -2.27. The van der Waals surface area contributed by atoms with Crippen LogP contribution in [0.25, 0.3) is 0 Å². The molecule has 13 nitrogen and oxygen atoms in total. The van der Waals surface area contributed by atoms with Crippen molar-refractivity contribution in [2.45, 2.75) is 77.0 Å². The van der Waals surface area contributed by atoms with Crippen molar-refractivity contribution in [1.29, 1.82) is 0 Å². The average molecular weight is 582 g/mol. The standard InChI is InChI=1S/C26H36N3O10P/c1-15(2)35-24(30)16(3)29-40(31,39-17-11-9-8-10-12-17)34-14-19-21-22(38-26(4,5)37-21)20(36-19)18-13-27-25(33-7)28-23(18)32-6/h8-13,15-16,19-22H,14H2,1-7H3,(H,29,31)/t16-,19-,20+,21-,22+,40-/m1/s1. The number of carbonyl (C=O) groups is 1. The minimum atomic E-state index is -4.13. The number of fused-ring (bicyclic) bond motifs is 1. The van der Waals surface area contributed by atoms with Gasteiger partial charge in [0.05, 0.1) is 32.5 Å². The van der Waals surface area contributed by atoms with Gasteiger partial charge in [0.1, 0.15) is 36.2 Å². The van der Waals surface area contributed by atoms with Gasteiger partial charge in [-0.2, -0.15) is 10.1 Å². The highest BCUT2D eigenvalue weighted by molar-refractivity contribution is 7.52. The molecule has 2 fully saturated rings. The van der Waals surface area contributed by atoms with E-state index in [1.54, 1.807) is 58.0 Å². The molecule has 3 heterocycles. The molecule has 0 aliphatic carbocycles. The van der Waals surface area contributed by atoms with Gasteiger partial charge >= 0.3 is 19.7 Å². The number of methoxy groups -OCH3 is 2. The van der Waals surface area contributed by atoms with Gasteiger partial charge in [-0.25, -0.2) is 9.55 Å². The van der Waals surface area contributed by atoms with Gasteiger partial charge in [-0.1, -0.05) is 18.2 Å². The summed E-state index contributed by atoms with van der Waals surface area (Å²) in [6, 6.07) is 7.63. The zero-order valence-corrected chi connectivity index (χ0v) is 24.5.